The number of hydrogen-bond donors (Lipinski definition) is 0. The molecule has 0 saturated heterocycles. The Labute approximate surface area is 122 Å². The second kappa shape index (κ2) is 5.44. The summed E-state index contributed by atoms with van der Waals surface area (Å²) in [5.74, 6) is -1.05. The van der Waals surface area contributed by atoms with Crippen molar-refractivity contribution >= 4 is 17.3 Å². The molecule has 0 aliphatic heterocycles. The Morgan fingerprint density at radius 2 is 1.33 bits per heavy atom. The molecule has 0 bridgehead atoms. The second-order valence-electron chi connectivity index (χ2n) is 5.15. The first-order valence-electron chi connectivity index (χ1n) is 6.94. The van der Waals surface area contributed by atoms with E-state index in [1.165, 1.54) is 0 Å². The Bertz CT molecular complexity index is 681. The maximum absolute atomic E-state index is 12.2. The first kappa shape index (κ1) is 13.4. The molecule has 0 aromatic heterocycles. The molecule has 0 saturated carbocycles. The van der Waals surface area contributed by atoms with Crippen LogP contribution in [0.5, 0.6) is 0 Å². The van der Waals surface area contributed by atoms with Crippen LogP contribution in [-0.4, -0.2) is 17.3 Å². The minimum absolute atomic E-state index is 0.0350. The summed E-state index contributed by atoms with van der Waals surface area (Å²) in [6, 6.07) is 15.8. The lowest BCUT2D eigenvalue weighted by Gasteiger charge is -2.06. The number of hydrogen-bond acceptors (Lipinski definition) is 3. The lowest BCUT2D eigenvalue weighted by Crippen LogP contribution is -2.16. The van der Waals surface area contributed by atoms with Crippen LogP contribution in [0.1, 0.15) is 43.9 Å². The highest BCUT2D eigenvalue weighted by Crippen LogP contribution is 2.29. The number of Topliss-reactive ketones (excluding diaryl/α,β-unsaturated/α-hetero) is 3. The van der Waals surface area contributed by atoms with Crippen molar-refractivity contribution in [3.05, 3.63) is 71.3 Å². The lowest BCUT2D eigenvalue weighted by molar-refractivity contribution is 0.0823. The molecular formula is C18H14O3. The van der Waals surface area contributed by atoms with E-state index in [0.29, 0.717) is 16.7 Å². The minimum Gasteiger partial charge on any atom is -0.294 e. The van der Waals surface area contributed by atoms with Gasteiger partial charge in [-0.2, -0.15) is 0 Å². The highest BCUT2D eigenvalue weighted by atomic mass is 16.2. The second-order valence-corrected chi connectivity index (χ2v) is 5.15. The van der Waals surface area contributed by atoms with Crippen LogP contribution in [0.4, 0.5) is 0 Å². The third-order valence-corrected chi connectivity index (χ3v) is 3.85. The van der Waals surface area contributed by atoms with Crippen LogP contribution < -0.4 is 0 Å². The summed E-state index contributed by atoms with van der Waals surface area (Å²) < 4.78 is 0. The van der Waals surface area contributed by atoms with Crippen LogP contribution in [0.2, 0.25) is 0 Å². The van der Waals surface area contributed by atoms with Gasteiger partial charge in [-0.15, -0.1) is 0 Å². The fraction of sp³-hybridized carbons (Fsp3) is 0.167. The van der Waals surface area contributed by atoms with Crippen LogP contribution in [0.15, 0.2) is 54.6 Å². The number of fused-ring (bicyclic) bond motifs is 1. The van der Waals surface area contributed by atoms with Crippen LogP contribution in [0, 0.1) is 5.92 Å². The number of carbonyl (C=O) groups is 3. The Balaban J connectivity index is 1.72. The first-order chi connectivity index (χ1) is 10.2. The summed E-state index contributed by atoms with van der Waals surface area (Å²) in [5, 5.41) is 0. The van der Waals surface area contributed by atoms with E-state index in [1.807, 2.05) is 6.07 Å². The third kappa shape index (κ3) is 2.42. The van der Waals surface area contributed by atoms with Gasteiger partial charge in [0.05, 0.1) is 5.92 Å². The van der Waals surface area contributed by atoms with Crippen LogP contribution in [-0.2, 0) is 0 Å². The quantitative estimate of drug-likeness (QED) is 0.636. The largest absolute Gasteiger partial charge is 0.294 e. The zero-order valence-electron chi connectivity index (χ0n) is 11.4. The van der Waals surface area contributed by atoms with Crippen molar-refractivity contribution in [2.24, 2.45) is 5.92 Å². The normalized spacial score (nSPS) is 14.3. The molecule has 1 aliphatic carbocycles. The molecule has 3 nitrogen and oxygen atoms in total. The van der Waals surface area contributed by atoms with Crippen LogP contribution in [0.25, 0.3) is 0 Å². The average Bonchev–Trinajstić information content (AvgIpc) is 2.78. The molecule has 0 N–H and O–H groups in total. The zero-order valence-corrected chi connectivity index (χ0v) is 11.4. The molecule has 1 aliphatic rings. The van der Waals surface area contributed by atoms with Gasteiger partial charge in [-0.25, -0.2) is 0 Å². The minimum atomic E-state index is -0.699. The molecule has 104 valence electrons. The van der Waals surface area contributed by atoms with Gasteiger partial charge in [0.1, 0.15) is 0 Å². The summed E-state index contributed by atoms with van der Waals surface area (Å²) in [7, 11) is 0. The lowest BCUT2D eigenvalue weighted by atomic mass is 9.95. The Kier molecular flexibility index (Phi) is 3.48. The Hall–Kier alpha value is -2.55. The van der Waals surface area contributed by atoms with Crippen LogP contribution in [0.3, 0.4) is 0 Å². The number of ketones is 3. The van der Waals surface area contributed by atoms with E-state index in [9.17, 15) is 14.4 Å². The van der Waals surface area contributed by atoms with Gasteiger partial charge in [-0.1, -0.05) is 54.6 Å². The fourth-order valence-corrected chi connectivity index (χ4v) is 2.71. The van der Waals surface area contributed by atoms with E-state index in [4.69, 9.17) is 0 Å². The Morgan fingerprint density at radius 1 is 0.810 bits per heavy atom. The van der Waals surface area contributed by atoms with Gasteiger partial charge < -0.3 is 0 Å². The van der Waals surface area contributed by atoms with Gasteiger partial charge in [0.2, 0.25) is 0 Å². The van der Waals surface area contributed by atoms with Gasteiger partial charge >= 0.3 is 0 Å². The van der Waals surface area contributed by atoms with Gasteiger partial charge in [0, 0.05) is 23.1 Å². The number of carbonyl (C=O) groups excluding carboxylic acids is 3. The number of benzene rings is 2. The van der Waals surface area contributed by atoms with E-state index in [0.717, 1.165) is 0 Å². The number of rotatable bonds is 4. The molecule has 0 unspecified atom stereocenters. The molecule has 2 aromatic rings. The van der Waals surface area contributed by atoms with E-state index >= 15 is 0 Å². The Morgan fingerprint density at radius 3 is 1.90 bits per heavy atom. The zero-order chi connectivity index (χ0) is 14.8. The molecule has 0 heterocycles. The van der Waals surface area contributed by atoms with E-state index in [-0.39, 0.29) is 30.2 Å². The monoisotopic (exact) mass is 278 g/mol. The topological polar surface area (TPSA) is 51.2 Å². The van der Waals surface area contributed by atoms with E-state index in [1.54, 1.807) is 48.5 Å². The van der Waals surface area contributed by atoms with Gasteiger partial charge in [-0.05, 0) is 6.42 Å². The fourth-order valence-electron chi connectivity index (χ4n) is 2.71. The highest BCUT2D eigenvalue weighted by molar-refractivity contribution is 6.26. The molecular weight excluding hydrogens is 264 g/mol. The van der Waals surface area contributed by atoms with Crippen molar-refractivity contribution in [2.45, 2.75) is 12.8 Å². The third-order valence-electron chi connectivity index (χ3n) is 3.85. The summed E-state index contributed by atoms with van der Waals surface area (Å²) in [5.41, 5.74) is 1.59. The van der Waals surface area contributed by atoms with Crippen molar-refractivity contribution in [3.8, 4) is 0 Å². The smallest absolute Gasteiger partial charge is 0.174 e. The van der Waals surface area contributed by atoms with Crippen molar-refractivity contribution in [3.63, 3.8) is 0 Å². The van der Waals surface area contributed by atoms with E-state index < -0.39 is 5.92 Å². The molecule has 2 aromatic carbocycles. The average molecular weight is 278 g/mol. The predicted octanol–water partition coefficient (Wildman–Crippen LogP) is 3.34. The molecule has 0 amide bonds. The van der Waals surface area contributed by atoms with Crippen molar-refractivity contribution in [2.75, 3.05) is 0 Å². The molecule has 3 rings (SSSR count). The molecule has 0 fully saturated rings. The van der Waals surface area contributed by atoms with Gasteiger partial charge in [0.15, 0.2) is 17.3 Å². The maximum Gasteiger partial charge on any atom is 0.174 e. The SMILES string of the molecule is O=C(CCC1C(=O)c2ccccc2C1=O)c1ccccc1. The summed E-state index contributed by atoms with van der Waals surface area (Å²) in [6.45, 7) is 0. The molecule has 0 spiro atoms. The predicted molar refractivity (Wildman–Crippen MR) is 78.6 cm³/mol. The standard InChI is InChI=1S/C18H14O3/c19-16(12-6-2-1-3-7-12)11-10-15-17(20)13-8-4-5-9-14(13)18(15)21/h1-9,15H,10-11H2. The van der Waals surface area contributed by atoms with Gasteiger partial charge in [0.25, 0.3) is 0 Å². The first-order valence-corrected chi connectivity index (χ1v) is 6.94. The molecule has 3 heteroatoms. The summed E-state index contributed by atoms with van der Waals surface area (Å²) >= 11 is 0. The molecule has 0 atom stereocenters. The van der Waals surface area contributed by atoms with Gasteiger partial charge in [-0.3, -0.25) is 14.4 Å². The van der Waals surface area contributed by atoms with Crippen molar-refractivity contribution < 1.29 is 14.4 Å². The van der Waals surface area contributed by atoms with Crippen molar-refractivity contribution in [1.29, 1.82) is 0 Å². The van der Waals surface area contributed by atoms with E-state index in [2.05, 4.69) is 0 Å². The molecule has 0 radical (unpaired) electrons. The highest BCUT2D eigenvalue weighted by Gasteiger charge is 2.37. The van der Waals surface area contributed by atoms with Crippen LogP contribution >= 0.6 is 0 Å². The molecule has 21 heavy (non-hydrogen) atoms. The maximum atomic E-state index is 12.2. The summed E-state index contributed by atoms with van der Waals surface area (Å²) in [4.78, 5) is 36.5. The van der Waals surface area contributed by atoms with Crippen molar-refractivity contribution in [1.82, 2.24) is 0 Å². The summed E-state index contributed by atoms with van der Waals surface area (Å²) in [6.07, 6.45) is 0.486.